The number of rotatable bonds is 7. The standard InChI is InChI=1S/C22H37NO3Si/c1-15(2)27(16(3)4,17(5)6)26-18(7)21-23-20(24)14-22(8,25-21)19-12-10-9-11-13-19/h9-13,15-18,21H,14H2,1-8H3,(H,23,24)/t18-,21+,22?/m1/s1. The van der Waals surface area contributed by atoms with E-state index in [4.69, 9.17) is 9.16 Å². The Morgan fingerprint density at radius 3 is 2.04 bits per heavy atom. The molecule has 0 radical (unpaired) electrons. The van der Waals surface area contributed by atoms with Gasteiger partial charge in [0.2, 0.25) is 14.2 Å². The maximum absolute atomic E-state index is 12.5. The Kier molecular flexibility index (Phi) is 6.93. The van der Waals surface area contributed by atoms with Gasteiger partial charge in [0.1, 0.15) is 5.60 Å². The molecule has 1 N–H and O–H groups in total. The lowest BCUT2D eigenvalue weighted by molar-refractivity contribution is -0.179. The lowest BCUT2D eigenvalue weighted by Gasteiger charge is -2.47. The molecule has 0 spiro atoms. The zero-order valence-corrected chi connectivity index (χ0v) is 19.2. The van der Waals surface area contributed by atoms with Crippen LogP contribution in [0.2, 0.25) is 16.6 Å². The molecule has 1 aromatic rings. The maximum atomic E-state index is 12.5. The van der Waals surface area contributed by atoms with Gasteiger partial charge in [0.05, 0.1) is 12.5 Å². The van der Waals surface area contributed by atoms with Crippen LogP contribution in [0.25, 0.3) is 0 Å². The summed E-state index contributed by atoms with van der Waals surface area (Å²) in [5.41, 5.74) is 1.85. The third-order valence-electron chi connectivity index (χ3n) is 6.10. The first-order chi connectivity index (χ1) is 12.5. The van der Waals surface area contributed by atoms with Gasteiger partial charge in [0, 0.05) is 0 Å². The molecule has 1 saturated heterocycles. The Morgan fingerprint density at radius 1 is 1.04 bits per heavy atom. The Labute approximate surface area is 166 Å². The highest BCUT2D eigenvalue weighted by molar-refractivity contribution is 6.77. The van der Waals surface area contributed by atoms with Crippen molar-refractivity contribution in [1.82, 2.24) is 5.32 Å². The summed E-state index contributed by atoms with van der Waals surface area (Å²) in [5.74, 6) is 0.0129. The van der Waals surface area contributed by atoms with Crippen molar-refractivity contribution in [2.45, 2.75) is 96.4 Å². The molecule has 1 aliphatic heterocycles. The smallest absolute Gasteiger partial charge is 0.225 e. The number of ether oxygens (including phenoxy) is 1. The van der Waals surface area contributed by atoms with E-state index in [2.05, 4.69) is 46.9 Å². The molecule has 0 bridgehead atoms. The van der Waals surface area contributed by atoms with Crippen LogP contribution in [0, 0.1) is 0 Å². The summed E-state index contributed by atoms with van der Waals surface area (Å²) in [5, 5.41) is 3.02. The second kappa shape index (κ2) is 8.46. The minimum absolute atomic E-state index is 0.0129. The molecule has 3 atom stereocenters. The summed E-state index contributed by atoms with van der Waals surface area (Å²) in [7, 11) is -2.05. The molecule has 2 rings (SSSR count). The van der Waals surface area contributed by atoms with Gasteiger partial charge in [0.15, 0.2) is 6.23 Å². The molecule has 4 nitrogen and oxygen atoms in total. The van der Waals surface area contributed by atoms with Crippen molar-refractivity contribution in [1.29, 1.82) is 0 Å². The van der Waals surface area contributed by atoms with Crippen LogP contribution in [-0.2, 0) is 19.6 Å². The molecule has 1 fully saturated rings. The first-order valence-electron chi connectivity index (χ1n) is 10.2. The Morgan fingerprint density at radius 2 is 1.56 bits per heavy atom. The molecular formula is C22H37NO3Si. The largest absolute Gasteiger partial charge is 0.409 e. The molecule has 152 valence electrons. The van der Waals surface area contributed by atoms with Gasteiger partial charge in [-0.15, -0.1) is 0 Å². The van der Waals surface area contributed by atoms with E-state index >= 15 is 0 Å². The number of carbonyl (C=O) groups is 1. The first-order valence-corrected chi connectivity index (χ1v) is 12.4. The molecule has 1 aromatic carbocycles. The van der Waals surface area contributed by atoms with Crippen molar-refractivity contribution in [3.8, 4) is 0 Å². The highest BCUT2D eigenvalue weighted by Crippen LogP contribution is 2.44. The van der Waals surface area contributed by atoms with Gasteiger partial charge >= 0.3 is 0 Å². The topological polar surface area (TPSA) is 47.6 Å². The molecule has 0 aromatic heterocycles. The summed E-state index contributed by atoms with van der Waals surface area (Å²) in [6, 6.07) is 10.00. The fraction of sp³-hybridized carbons (Fsp3) is 0.682. The SMILES string of the molecule is CC(C)[Si](O[C@H](C)[C@H]1NC(=O)CC(C)(c2ccccc2)O1)(C(C)C)C(C)C. The van der Waals surface area contributed by atoms with Gasteiger partial charge in [-0.25, -0.2) is 0 Å². The fourth-order valence-electron chi connectivity index (χ4n) is 4.83. The summed E-state index contributed by atoms with van der Waals surface area (Å²) in [6.07, 6.45) is -0.322. The second-order valence-corrected chi connectivity index (χ2v) is 14.4. The number of carbonyl (C=O) groups excluding carboxylic acids is 1. The minimum atomic E-state index is -2.05. The average Bonchev–Trinajstić information content (AvgIpc) is 2.58. The van der Waals surface area contributed by atoms with E-state index in [-0.39, 0.29) is 12.0 Å². The molecule has 1 unspecified atom stereocenters. The van der Waals surface area contributed by atoms with E-state index < -0.39 is 20.1 Å². The van der Waals surface area contributed by atoms with Crippen molar-refractivity contribution in [3.63, 3.8) is 0 Å². The van der Waals surface area contributed by atoms with Gasteiger partial charge in [-0.1, -0.05) is 71.9 Å². The summed E-state index contributed by atoms with van der Waals surface area (Å²) >= 11 is 0. The van der Waals surface area contributed by atoms with E-state index in [1.807, 2.05) is 44.2 Å². The Hall–Kier alpha value is -1.17. The van der Waals surface area contributed by atoms with E-state index in [9.17, 15) is 4.79 Å². The monoisotopic (exact) mass is 391 g/mol. The molecule has 0 aliphatic carbocycles. The average molecular weight is 392 g/mol. The summed E-state index contributed by atoms with van der Waals surface area (Å²) in [4.78, 5) is 12.5. The van der Waals surface area contributed by atoms with Gasteiger partial charge < -0.3 is 14.5 Å². The van der Waals surface area contributed by atoms with Crippen LogP contribution >= 0.6 is 0 Å². The zero-order chi connectivity index (χ0) is 20.4. The second-order valence-electron chi connectivity index (χ2n) is 9.02. The quantitative estimate of drug-likeness (QED) is 0.638. The third kappa shape index (κ3) is 4.46. The Bertz CT molecular complexity index is 610. The van der Waals surface area contributed by atoms with Gasteiger partial charge in [-0.05, 0) is 36.0 Å². The minimum Gasteiger partial charge on any atom is -0.409 e. The summed E-state index contributed by atoms with van der Waals surface area (Å²) in [6.45, 7) is 17.7. The first kappa shape index (κ1) is 22.1. The molecular weight excluding hydrogens is 354 g/mol. The molecule has 0 saturated carbocycles. The van der Waals surface area contributed by atoms with Gasteiger partial charge in [0.25, 0.3) is 0 Å². The van der Waals surface area contributed by atoms with Crippen LogP contribution in [0.1, 0.15) is 67.4 Å². The van der Waals surface area contributed by atoms with E-state index in [1.165, 1.54) is 0 Å². The molecule has 1 amide bonds. The molecule has 27 heavy (non-hydrogen) atoms. The highest BCUT2D eigenvalue weighted by atomic mass is 28.4. The van der Waals surface area contributed by atoms with Crippen molar-refractivity contribution >= 4 is 14.2 Å². The molecule has 1 aliphatic rings. The van der Waals surface area contributed by atoms with E-state index in [0.717, 1.165) is 5.56 Å². The fourth-order valence-corrected chi connectivity index (χ4v) is 10.4. The van der Waals surface area contributed by atoms with Crippen molar-refractivity contribution in [2.24, 2.45) is 0 Å². The van der Waals surface area contributed by atoms with Crippen LogP contribution in [0.4, 0.5) is 0 Å². The lowest BCUT2D eigenvalue weighted by atomic mass is 9.90. The number of amides is 1. The predicted molar refractivity (Wildman–Crippen MR) is 113 cm³/mol. The third-order valence-corrected chi connectivity index (χ3v) is 12.3. The van der Waals surface area contributed by atoms with Crippen molar-refractivity contribution < 1.29 is 14.0 Å². The van der Waals surface area contributed by atoms with Crippen LogP contribution in [0.15, 0.2) is 30.3 Å². The van der Waals surface area contributed by atoms with Gasteiger partial charge in [-0.2, -0.15) is 0 Å². The summed E-state index contributed by atoms with van der Waals surface area (Å²) < 4.78 is 13.3. The molecule has 5 heteroatoms. The maximum Gasteiger partial charge on any atom is 0.225 e. The normalized spacial score (nSPS) is 25.1. The molecule has 1 heterocycles. The van der Waals surface area contributed by atoms with Crippen LogP contribution in [0.5, 0.6) is 0 Å². The van der Waals surface area contributed by atoms with Crippen molar-refractivity contribution in [2.75, 3.05) is 0 Å². The number of benzene rings is 1. The van der Waals surface area contributed by atoms with Crippen LogP contribution in [-0.4, -0.2) is 26.6 Å². The Balaban J connectivity index is 2.27. The lowest BCUT2D eigenvalue weighted by Crippen LogP contribution is -2.59. The number of hydrogen-bond donors (Lipinski definition) is 1. The number of nitrogens with one attached hydrogen (secondary N) is 1. The van der Waals surface area contributed by atoms with Gasteiger partial charge in [-0.3, -0.25) is 4.79 Å². The van der Waals surface area contributed by atoms with Crippen LogP contribution < -0.4 is 5.32 Å². The predicted octanol–water partition coefficient (Wildman–Crippen LogP) is 5.35. The zero-order valence-electron chi connectivity index (χ0n) is 18.2. The van der Waals surface area contributed by atoms with E-state index in [1.54, 1.807) is 0 Å². The number of hydrogen-bond acceptors (Lipinski definition) is 3. The van der Waals surface area contributed by atoms with Crippen LogP contribution in [0.3, 0.4) is 0 Å². The highest BCUT2D eigenvalue weighted by Gasteiger charge is 2.49. The van der Waals surface area contributed by atoms with E-state index in [0.29, 0.717) is 23.0 Å². The van der Waals surface area contributed by atoms with Crippen molar-refractivity contribution in [3.05, 3.63) is 35.9 Å².